The van der Waals surface area contributed by atoms with Crippen molar-refractivity contribution >= 4 is 11.8 Å². The Morgan fingerprint density at radius 2 is 2.24 bits per heavy atom. The molecule has 0 bridgehead atoms. The van der Waals surface area contributed by atoms with Gasteiger partial charge in [0.25, 0.3) is 0 Å². The fraction of sp³-hybridized carbons (Fsp3) is 0.455. The molecule has 0 atom stereocenters. The van der Waals surface area contributed by atoms with Gasteiger partial charge in [0.2, 0.25) is 0 Å². The standard InChI is InChI=1S/C11H15N5S/c1-2-3-6-16-11(14-9-15-16)17-8-10-7-12-4-5-13-10/h4-5,7,9H,2-3,6,8H2,1H3. The third-order valence-corrected chi connectivity index (χ3v) is 3.28. The number of nitrogens with zero attached hydrogens (tertiary/aromatic N) is 5. The molecule has 2 aromatic heterocycles. The van der Waals surface area contributed by atoms with Crippen LogP contribution in [0.5, 0.6) is 0 Å². The van der Waals surface area contributed by atoms with Crippen LogP contribution in [0.15, 0.2) is 30.1 Å². The van der Waals surface area contributed by atoms with Crippen LogP contribution < -0.4 is 0 Å². The maximum absolute atomic E-state index is 4.25. The van der Waals surface area contributed by atoms with Crippen molar-refractivity contribution < 1.29 is 0 Å². The smallest absolute Gasteiger partial charge is 0.186 e. The van der Waals surface area contributed by atoms with E-state index in [4.69, 9.17) is 0 Å². The summed E-state index contributed by atoms with van der Waals surface area (Å²) in [4.78, 5) is 12.5. The second-order valence-corrected chi connectivity index (χ2v) is 4.55. The predicted molar refractivity (Wildman–Crippen MR) is 66.5 cm³/mol. The van der Waals surface area contributed by atoms with Crippen molar-refractivity contribution in [2.24, 2.45) is 0 Å². The first-order valence-electron chi connectivity index (χ1n) is 5.65. The van der Waals surface area contributed by atoms with E-state index < -0.39 is 0 Å². The first-order chi connectivity index (χ1) is 8.40. The van der Waals surface area contributed by atoms with Crippen LogP contribution in [-0.2, 0) is 12.3 Å². The molecule has 2 rings (SSSR count). The first kappa shape index (κ1) is 12.0. The summed E-state index contributed by atoms with van der Waals surface area (Å²) < 4.78 is 1.95. The molecule has 0 fully saturated rings. The molecule has 0 N–H and O–H groups in total. The Morgan fingerprint density at radius 1 is 1.29 bits per heavy atom. The maximum atomic E-state index is 4.25. The Labute approximate surface area is 105 Å². The Morgan fingerprint density at radius 3 is 3.00 bits per heavy atom. The summed E-state index contributed by atoms with van der Waals surface area (Å²) in [7, 11) is 0. The highest BCUT2D eigenvalue weighted by molar-refractivity contribution is 7.98. The van der Waals surface area contributed by atoms with Crippen molar-refractivity contribution in [2.45, 2.75) is 37.2 Å². The van der Waals surface area contributed by atoms with Crippen LogP contribution in [-0.4, -0.2) is 24.7 Å². The molecular weight excluding hydrogens is 234 g/mol. The van der Waals surface area contributed by atoms with Crippen LogP contribution in [0.1, 0.15) is 25.5 Å². The topological polar surface area (TPSA) is 56.5 Å². The molecule has 0 saturated heterocycles. The van der Waals surface area contributed by atoms with Gasteiger partial charge >= 0.3 is 0 Å². The van der Waals surface area contributed by atoms with Crippen LogP contribution in [0.2, 0.25) is 0 Å². The van der Waals surface area contributed by atoms with E-state index in [-0.39, 0.29) is 0 Å². The molecule has 0 spiro atoms. The summed E-state index contributed by atoms with van der Waals surface area (Å²) in [6.45, 7) is 3.10. The fourth-order valence-electron chi connectivity index (χ4n) is 1.37. The molecule has 0 aliphatic carbocycles. The van der Waals surface area contributed by atoms with Crippen LogP contribution in [0, 0.1) is 0 Å². The number of hydrogen-bond acceptors (Lipinski definition) is 5. The predicted octanol–water partition coefficient (Wildman–Crippen LogP) is 2.16. The van der Waals surface area contributed by atoms with Gasteiger partial charge in [-0.25, -0.2) is 9.67 Å². The lowest BCUT2D eigenvalue weighted by atomic mass is 10.3. The molecule has 5 nitrogen and oxygen atoms in total. The van der Waals surface area contributed by atoms with E-state index in [1.54, 1.807) is 36.7 Å². The largest absolute Gasteiger partial charge is 0.261 e. The highest BCUT2D eigenvalue weighted by Gasteiger charge is 2.05. The molecule has 17 heavy (non-hydrogen) atoms. The second kappa shape index (κ2) is 6.34. The fourth-order valence-corrected chi connectivity index (χ4v) is 2.20. The van der Waals surface area contributed by atoms with Gasteiger partial charge in [-0.2, -0.15) is 5.10 Å². The SMILES string of the molecule is CCCCn1ncnc1SCc1cnccn1. The number of aromatic nitrogens is 5. The molecule has 0 amide bonds. The summed E-state index contributed by atoms with van der Waals surface area (Å²) in [5.41, 5.74) is 0.961. The van der Waals surface area contributed by atoms with Gasteiger partial charge in [0.05, 0.1) is 5.69 Å². The molecule has 2 aromatic rings. The first-order valence-corrected chi connectivity index (χ1v) is 6.64. The molecule has 0 saturated carbocycles. The van der Waals surface area contributed by atoms with E-state index >= 15 is 0 Å². The third-order valence-electron chi connectivity index (χ3n) is 2.27. The van der Waals surface area contributed by atoms with Crippen LogP contribution in [0.3, 0.4) is 0 Å². The Balaban J connectivity index is 1.92. The molecule has 6 heteroatoms. The third kappa shape index (κ3) is 3.52. The van der Waals surface area contributed by atoms with Crippen molar-refractivity contribution in [3.8, 4) is 0 Å². The van der Waals surface area contributed by atoms with Crippen LogP contribution in [0.4, 0.5) is 0 Å². The quantitative estimate of drug-likeness (QED) is 0.734. The summed E-state index contributed by atoms with van der Waals surface area (Å²) in [6.07, 6.45) is 9.06. The zero-order valence-electron chi connectivity index (χ0n) is 9.78. The second-order valence-electron chi connectivity index (χ2n) is 3.60. The van der Waals surface area contributed by atoms with Crippen molar-refractivity contribution in [3.63, 3.8) is 0 Å². The van der Waals surface area contributed by atoms with E-state index in [0.29, 0.717) is 0 Å². The average Bonchev–Trinajstić information content (AvgIpc) is 2.82. The minimum Gasteiger partial charge on any atom is -0.261 e. The number of unbranched alkanes of at least 4 members (excludes halogenated alkanes) is 1. The van der Waals surface area contributed by atoms with E-state index in [0.717, 1.165) is 36.0 Å². The van der Waals surface area contributed by atoms with E-state index in [9.17, 15) is 0 Å². The number of aryl methyl sites for hydroxylation is 1. The average molecular weight is 249 g/mol. The summed E-state index contributed by atoms with van der Waals surface area (Å²) in [6, 6.07) is 0. The van der Waals surface area contributed by atoms with Gasteiger partial charge in [0.15, 0.2) is 5.16 Å². The lowest BCUT2D eigenvalue weighted by Gasteiger charge is -2.04. The van der Waals surface area contributed by atoms with Gasteiger partial charge in [-0.3, -0.25) is 9.97 Å². The minimum atomic E-state index is 0.776. The maximum Gasteiger partial charge on any atom is 0.186 e. The van der Waals surface area contributed by atoms with Crippen LogP contribution >= 0.6 is 11.8 Å². The van der Waals surface area contributed by atoms with Crippen molar-refractivity contribution in [1.82, 2.24) is 24.7 Å². The molecule has 0 aromatic carbocycles. The van der Waals surface area contributed by atoms with Gasteiger partial charge in [0.1, 0.15) is 6.33 Å². The zero-order valence-corrected chi connectivity index (χ0v) is 10.6. The monoisotopic (exact) mass is 249 g/mol. The highest BCUT2D eigenvalue weighted by Crippen LogP contribution is 2.18. The number of hydrogen-bond donors (Lipinski definition) is 0. The zero-order chi connectivity index (χ0) is 11.9. The molecule has 0 aliphatic heterocycles. The lowest BCUT2D eigenvalue weighted by molar-refractivity contribution is 0.527. The van der Waals surface area contributed by atoms with Crippen LogP contribution in [0.25, 0.3) is 0 Å². The van der Waals surface area contributed by atoms with Gasteiger partial charge < -0.3 is 0 Å². The Bertz CT molecular complexity index is 442. The van der Waals surface area contributed by atoms with E-state index in [2.05, 4.69) is 27.0 Å². The Kier molecular flexibility index (Phi) is 4.49. The molecule has 0 unspecified atom stereocenters. The van der Waals surface area contributed by atoms with Crippen molar-refractivity contribution in [2.75, 3.05) is 0 Å². The highest BCUT2D eigenvalue weighted by atomic mass is 32.2. The number of thioether (sulfide) groups is 1. The Hall–Kier alpha value is -1.43. The van der Waals surface area contributed by atoms with E-state index in [1.165, 1.54) is 0 Å². The van der Waals surface area contributed by atoms with Crippen molar-refractivity contribution in [1.29, 1.82) is 0 Å². The number of rotatable bonds is 6. The van der Waals surface area contributed by atoms with Gasteiger partial charge in [0, 0.05) is 30.9 Å². The lowest BCUT2D eigenvalue weighted by Crippen LogP contribution is -2.02. The summed E-state index contributed by atoms with van der Waals surface area (Å²) in [5, 5.41) is 5.16. The van der Waals surface area contributed by atoms with Gasteiger partial charge in [-0.1, -0.05) is 25.1 Å². The molecule has 2 heterocycles. The molecular formula is C11H15N5S. The summed E-state index contributed by atoms with van der Waals surface area (Å²) >= 11 is 1.64. The molecule has 0 radical (unpaired) electrons. The van der Waals surface area contributed by atoms with Gasteiger partial charge in [-0.05, 0) is 6.42 Å². The normalized spacial score (nSPS) is 10.6. The van der Waals surface area contributed by atoms with Gasteiger partial charge in [-0.15, -0.1) is 0 Å². The molecule has 90 valence electrons. The van der Waals surface area contributed by atoms with E-state index in [1.807, 2.05) is 4.68 Å². The summed E-state index contributed by atoms with van der Waals surface area (Å²) in [5.74, 6) is 0.776. The molecule has 0 aliphatic rings. The van der Waals surface area contributed by atoms with Crippen molar-refractivity contribution in [3.05, 3.63) is 30.6 Å². The minimum absolute atomic E-state index is 0.776.